The normalized spacial score (nSPS) is 13.2. The Bertz CT molecular complexity index is 200. The van der Waals surface area contributed by atoms with Gasteiger partial charge in [0.1, 0.15) is 6.04 Å². The first-order valence-electron chi connectivity index (χ1n) is 3.74. The van der Waals surface area contributed by atoms with Gasteiger partial charge in [-0.25, -0.2) is 4.79 Å². The molecule has 4 nitrogen and oxygen atoms in total. The Labute approximate surface area is 72.2 Å². The van der Waals surface area contributed by atoms with Crippen LogP contribution in [0.4, 0.5) is 4.79 Å². The van der Waals surface area contributed by atoms with Gasteiger partial charge in [-0.05, 0) is 11.8 Å². The van der Waals surface area contributed by atoms with Crippen molar-refractivity contribution in [2.45, 2.75) is 33.2 Å². The Morgan fingerprint density at radius 3 is 2.42 bits per heavy atom. The van der Waals surface area contributed by atoms with E-state index in [0.29, 0.717) is 6.42 Å². The molecule has 1 atom stereocenters. The molecule has 0 aliphatic heterocycles. The number of carboxylic acid groups (broad SMARTS) is 1. The summed E-state index contributed by atoms with van der Waals surface area (Å²) in [6, 6.07) is 1.29. The van der Waals surface area contributed by atoms with Crippen LogP contribution in [0.2, 0.25) is 0 Å². The Balaban J connectivity index is 4.03. The minimum Gasteiger partial charge on any atom is -0.465 e. The molecule has 0 rings (SSSR count). The second-order valence-corrected chi connectivity index (χ2v) is 3.90. The summed E-state index contributed by atoms with van der Waals surface area (Å²) in [7, 11) is 0. The summed E-state index contributed by atoms with van der Waals surface area (Å²) in [5.74, 6) is 0. The molecule has 0 aliphatic rings. The lowest BCUT2D eigenvalue weighted by atomic mass is 9.88. The zero-order chi connectivity index (χ0) is 9.78. The number of carbonyl (C=O) groups is 1. The van der Waals surface area contributed by atoms with E-state index in [9.17, 15) is 4.79 Å². The molecule has 1 amide bonds. The van der Waals surface area contributed by atoms with Crippen molar-refractivity contribution in [3.63, 3.8) is 0 Å². The topological polar surface area (TPSA) is 73.1 Å². The highest BCUT2D eigenvalue weighted by Gasteiger charge is 2.19. The van der Waals surface area contributed by atoms with Crippen molar-refractivity contribution in [3.05, 3.63) is 0 Å². The average molecular weight is 170 g/mol. The lowest BCUT2D eigenvalue weighted by molar-refractivity contribution is 0.189. The minimum atomic E-state index is -1.15. The lowest BCUT2D eigenvalue weighted by Crippen LogP contribution is -2.35. The lowest BCUT2D eigenvalue weighted by Gasteiger charge is -2.21. The highest BCUT2D eigenvalue weighted by atomic mass is 16.4. The quantitative estimate of drug-likeness (QED) is 0.660. The Morgan fingerprint density at radius 2 is 2.17 bits per heavy atom. The maximum atomic E-state index is 10.2. The van der Waals surface area contributed by atoms with Crippen LogP contribution in [0.15, 0.2) is 0 Å². The predicted octanol–water partition coefficient (Wildman–Crippen LogP) is 1.58. The number of nitrogens with one attached hydrogen (secondary N) is 1. The van der Waals surface area contributed by atoms with E-state index < -0.39 is 12.1 Å². The van der Waals surface area contributed by atoms with Crippen molar-refractivity contribution in [1.29, 1.82) is 5.26 Å². The average Bonchev–Trinajstić information content (AvgIpc) is 1.82. The molecule has 0 saturated carbocycles. The van der Waals surface area contributed by atoms with Gasteiger partial charge in [0.2, 0.25) is 0 Å². The molecular formula is C8H14N2O2. The van der Waals surface area contributed by atoms with Crippen molar-refractivity contribution in [1.82, 2.24) is 5.32 Å². The monoisotopic (exact) mass is 170 g/mol. The number of nitrogens with zero attached hydrogens (tertiary/aromatic N) is 1. The molecule has 0 bridgehead atoms. The van der Waals surface area contributed by atoms with Gasteiger partial charge >= 0.3 is 6.09 Å². The van der Waals surface area contributed by atoms with Crippen LogP contribution >= 0.6 is 0 Å². The standard InChI is InChI=1S/C8H14N2O2/c1-8(2,3)4-6(5-9)10-7(11)12/h6,10H,4H2,1-3H3,(H,11,12)/t6-/m0/s1. The van der Waals surface area contributed by atoms with Gasteiger partial charge in [-0.15, -0.1) is 0 Å². The van der Waals surface area contributed by atoms with Crippen LogP contribution in [0.3, 0.4) is 0 Å². The van der Waals surface area contributed by atoms with Crippen molar-refractivity contribution in [3.8, 4) is 6.07 Å². The molecule has 0 aromatic heterocycles. The van der Waals surface area contributed by atoms with E-state index in [1.165, 1.54) is 0 Å². The van der Waals surface area contributed by atoms with Crippen molar-refractivity contribution in [2.75, 3.05) is 0 Å². The number of rotatable bonds is 2. The van der Waals surface area contributed by atoms with Crippen LogP contribution in [-0.2, 0) is 0 Å². The molecule has 0 aliphatic carbocycles. The highest BCUT2D eigenvalue weighted by Crippen LogP contribution is 2.20. The molecule has 0 aromatic rings. The van der Waals surface area contributed by atoms with Crippen LogP contribution in [0.5, 0.6) is 0 Å². The first-order valence-corrected chi connectivity index (χ1v) is 3.74. The molecule has 12 heavy (non-hydrogen) atoms. The van der Waals surface area contributed by atoms with E-state index in [4.69, 9.17) is 10.4 Å². The summed E-state index contributed by atoms with van der Waals surface area (Å²) in [5, 5.41) is 19.1. The van der Waals surface area contributed by atoms with Crippen LogP contribution in [0.1, 0.15) is 27.2 Å². The minimum absolute atomic E-state index is 0.0388. The van der Waals surface area contributed by atoms with E-state index in [1.807, 2.05) is 26.8 Å². The maximum absolute atomic E-state index is 10.2. The van der Waals surface area contributed by atoms with Gasteiger partial charge in [0.25, 0.3) is 0 Å². The zero-order valence-corrected chi connectivity index (χ0v) is 7.59. The Morgan fingerprint density at radius 1 is 1.67 bits per heavy atom. The number of hydrogen-bond donors (Lipinski definition) is 2. The third-order valence-electron chi connectivity index (χ3n) is 1.27. The summed E-state index contributed by atoms with van der Waals surface area (Å²) < 4.78 is 0. The zero-order valence-electron chi connectivity index (χ0n) is 7.59. The van der Waals surface area contributed by atoms with Gasteiger partial charge in [0.15, 0.2) is 0 Å². The second-order valence-electron chi connectivity index (χ2n) is 3.90. The Kier molecular flexibility index (Phi) is 3.55. The van der Waals surface area contributed by atoms with E-state index in [2.05, 4.69) is 5.32 Å². The van der Waals surface area contributed by atoms with Crippen LogP contribution in [0.25, 0.3) is 0 Å². The van der Waals surface area contributed by atoms with Gasteiger partial charge in [0.05, 0.1) is 6.07 Å². The fraction of sp³-hybridized carbons (Fsp3) is 0.750. The molecular weight excluding hydrogens is 156 g/mol. The third kappa shape index (κ3) is 5.54. The van der Waals surface area contributed by atoms with Gasteiger partial charge in [0, 0.05) is 0 Å². The summed E-state index contributed by atoms with van der Waals surface area (Å²) >= 11 is 0. The van der Waals surface area contributed by atoms with E-state index in [1.54, 1.807) is 0 Å². The molecule has 4 heteroatoms. The van der Waals surface area contributed by atoms with Crippen LogP contribution < -0.4 is 5.32 Å². The molecule has 0 radical (unpaired) electrons. The largest absolute Gasteiger partial charge is 0.465 e. The summed E-state index contributed by atoms with van der Waals surface area (Å²) in [6.07, 6.45) is -0.624. The predicted molar refractivity (Wildman–Crippen MR) is 44.6 cm³/mol. The van der Waals surface area contributed by atoms with E-state index in [-0.39, 0.29) is 5.41 Å². The molecule has 0 saturated heterocycles. The van der Waals surface area contributed by atoms with Crippen molar-refractivity contribution < 1.29 is 9.90 Å². The Hall–Kier alpha value is -1.24. The SMILES string of the molecule is CC(C)(C)C[C@@H](C#N)NC(=O)O. The summed E-state index contributed by atoms with van der Waals surface area (Å²) in [4.78, 5) is 10.2. The van der Waals surface area contributed by atoms with Gasteiger partial charge in [-0.3, -0.25) is 0 Å². The van der Waals surface area contributed by atoms with Crippen molar-refractivity contribution in [2.24, 2.45) is 5.41 Å². The van der Waals surface area contributed by atoms with Crippen LogP contribution in [0, 0.1) is 16.7 Å². The van der Waals surface area contributed by atoms with Gasteiger partial charge in [-0.2, -0.15) is 5.26 Å². The first-order chi connectivity index (χ1) is 5.35. The first kappa shape index (κ1) is 10.8. The molecule has 2 N–H and O–H groups in total. The number of amides is 1. The second kappa shape index (κ2) is 3.96. The molecule has 0 unspecified atom stereocenters. The smallest absolute Gasteiger partial charge is 0.405 e. The molecule has 0 heterocycles. The third-order valence-corrected chi connectivity index (χ3v) is 1.27. The fourth-order valence-corrected chi connectivity index (χ4v) is 0.890. The van der Waals surface area contributed by atoms with E-state index >= 15 is 0 Å². The summed E-state index contributed by atoms with van der Waals surface area (Å²) in [6.45, 7) is 5.88. The summed E-state index contributed by atoms with van der Waals surface area (Å²) in [5.41, 5.74) is -0.0388. The highest BCUT2D eigenvalue weighted by molar-refractivity contribution is 5.65. The maximum Gasteiger partial charge on any atom is 0.405 e. The van der Waals surface area contributed by atoms with Crippen molar-refractivity contribution >= 4 is 6.09 Å². The van der Waals surface area contributed by atoms with Crippen LogP contribution in [-0.4, -0.2) is 17.2 Å². The molecule has 0 spiro atoms. The molecule has 68 valence electrons. The molecule has 0 aromatic carbocycles. The number of nitriles is 1. The van der Waals surface area contributed by atoms with E-state index in [0.717, 1.165) is 0 Å². The van der Waals surface area contributed by atoms with Gasteiger partial charge in [-0.1, -0.05) is 20.8 Å². The number of hydrogen-bond acceptors (Lipinski definition) is 2. The van der Waals surface area contributed by atoms with Gasteiger partial charge < -0.3 is 10.4 Å². The fourth-order valence-electron chi connectivity index (χ4n) is 0.890. The molecule has 0 fully saturated rings.